The summed E-state index contributed by atoms with van der Waals surface area (Å²) in [5, 5.41) is 0. The van der Waals surface area contributed by atoms with E-state index < -0.39 is 10.0 Å². The Morgan fingerprint density at radius 1 is 1.23 bits per heavy atom. The molecular formula is C15H29N3O3S. The summed E-state index contributed by atoms with van der Waals surface area (Å²) in [6, 6.07) is 0.195. The van der Waals surface area contributed by atoms with E-state index in [-0.39, 0.29) is 18.0 Å². The molecule has 2 aliphatic rings. The average Bonchev–Trinajstić information content (AvgIpc) is 2.84. The first-order valence-electron chi connectivity index (χ1n) is 8.33. The number of hydrogen-bond acceptors (Lipinski definition) is 4. The van der Waals surface area contributed by atoms with E-state index in [2.05, 4.69) is 0 Å². The molecule has 128 valence electrons. The van der Waals surface area contributed by atoms with E-state index in [1.54, 1.807) is 4.31 Å². The fraction of sp³-hybridized carbons (Fsp3) is 0.933. The van der Waals surface area contributed by atoms with E-state index in [0.29, 0.717) is 32.0 Å². The Hall–Kier alpha value is -0.660. The third-order valence-electron chi connectivity index (χ3n) is 5.12. The smallest absolute Gasteiger partial charge is 0.222 e. The number of likely N-dealkylation sites (tertiary alicyclic amines) is 1. The molecule has 1 aliphatic heterocycles. The van der Waals surface area contributed by atoms with Crippen molar-refractivity contribution < 1.29 is 13.2 Å². The number of rotatable bonds is 5. The Morgan fingerprint density at radius 3 is 2.32 bits per heavy atom. The lowest BCUT2D eigenvalue weighted by Crippen LogP contribution is -2.48. The highest BCUT2D eigenvalue weighted by Gasteiger charge is 2.32. The summed E-state index contributed by atoms with van der Waals surface area (Å²) in [5.74, 6) is 0.511. The Kier molecular flexibility index (Phi) is 5.85. The molecular weight excluding hydrogens is 302 g/mol. The predicted molar refractivity (Wildman–Crippen MR) is 86.8 cm³/mol. The van der Waals surface area contributed by atoms with Crippen LogP contribution in [0.2, 0.25) is 0 Å². The molecule has 0 unspecified atom stereocenters. The van der Waals surface area contributed by atoms with Crippen LogP contribution < -0.4 is 5.73 Å². The molecule has 0 spiro atoms. The van der Waals surface area contributed by atoms with E-state index in [4.69, 9.17) is 5.73 Å². The van der Waals surface area contributed by atoms with Crippen LogP contribution in [0.15, 0.2) is 0 Å². The molecule has 0 aromatic heterocycles. The van der Waals surface area contributed by atoms with Gasteiger partial charge in [-0.3, -0.25) is 4.79 Å². The molecule has 0 radical (unpaired) electrons. The predicted octanol–water partition coefficient (Wildman–Crippen LogP) is 0.776. The van der Waals surface area contributed by atoms with Gasteiger partial charge in [0.2, 0.25) is 15.9 Å². The number of hydrogen-bond donors (Lipinski definition) is 1. The number of carbonyl (C=O) groups excluding carboxylic acids is 1. The minimum atomic E-state index is -3.16. The maximum atomic E-state index is 12.4. The van der Waals surface area contributed by atoms with Gasteiger partial charge in [-0.1, -0.05) is 13.3 Å². The van der Waals surface area contributed by atoms with Crippen molar-refractivity contribution >= 4 is 15.9 Å². The summed E-state index contributed by atoms with van der Waals surface area (Å²) < 4.78 is 25.1. The van der Waals surface area contributed by atoms with Gasteiger partial charge >= 0.3 is 0 Å². The monoisotopic (exact) mass is 331 g/mol. The maximum Gasteiger partial charge on any atom is 0.222 e. The molecule has 2 fully saturated rings. The molecule has 1 amide bonds. The molecule has 6 nitrogen and oxygen atoms in total. The molecule has 1 saturated heterocycles. The van der Waals surface area contributed by atoms with E-state index in [1.807, 2.05) is 11.8 Å². The average molecular weight is 331 g/mol. The van der Waals surface area contributed by atoms with Gasteiger partial charge in [-0.15, -0.1) is 0 Å². The topological polar surface area (TPSA) is 83.7 Å². The van der Waals surface area contributed by atoms with Crippen LogP contribution >= 0.6 is 0 Å². The molecule has 7 heteroatoms. The zero-order valence-corrected chi connectivity index (χ0v) is 14.5. The minimum Gasteiger partial charge on any atom is -0.343 e. The van der Waals surface area contributed by atoms with Gasteiger partial charge in [0.1, 0.15) is 0 Å². The first kappa shape index (κ1) is 17.7. The van der Waals surface area contributed by atoms with Gasteiger partial charge in [0, 0.05) is 38.1 Å². The van der Waals surface area contributed by atoms with Crippen molar-refractivity contribution in [2.75, 3.05) is 25.9 Å². The van der Waals surface area contributed by atoms with Crippen LogP contribution in [0.4, 0.5) is 0 Å². The van der Waals surface area contributed by atoms with Crippen LogP contribution in [0, 0.1) is 5.92 Å². The Bertz CT molecular complexity index is 486. The molecule has 22 heavy (non-hydrogen) atoms. The number of nitrogens with two attached hydrogens (primary N) is 1. The normalized spacial score (nSPS) is 27.5. The molecule has 2 atom stereocenters. The van der Waals surface area contributed by atoms with E-state index in [1.165, 1.54) is 6.26 Å². The van der Waals surface area contributed by atoms with E-state index in [9.17, 15) is 13.2 Å². The molecule has 2 N–H and O–H groups in total. The zero-order valence-electron chi connectivity index (χ0n) is 13.7. The fourth-order valence-corrected chi connectivity index (χ4v) is 5.06. The second kappa shape index (κ2) is 7.27. The number of nitrogens with zero attached hydrogens (tertiary/aromatic N) is 2. The number of sulfonamides is 1. The van der Waals surface area contributed by atoms with Gasteiger partial charge in [0.05, 0.1) is 6.26 Å². The second-order valence-electron chi connectivity index (χ2n) is 6.64. The van der Waals surface area contributed by atoms with Gasteiger partial charge in [-0.05, 0) is 31.6 Å². The number of carbonyl (C=O) groups is 1. The van der Waals surface area contributed by atoms with Crippen LogP contribution in [-0.2, 0) is 14.8 Å². The lowest BCUT2D eigenvalue weighted by molar-refractivity contribution is -0.133. The molecule has 0 aromatic rings. The van der Waals surface area contributed by atoms with E-state index in [0.717, 1.165) is 32.1 Å². The van der Waals surface area contributed by atoms with E-state index >= 15 is 0 Å². The lowest BCUT2D eigenvalue weighted by Gasteiger charge is -2.37. The summed E-state index contributed by atoms with van der Waals surface area (Å²) in [5.41, 5.74) is 6.04. The highest BCUT2D eigenvalue weighted by Crippen LogP contribution is 2.28. The van der Waals surface area contributed by atoms with Crippen molar-refractivity contribution in [3.63, 3.8) is 0 Å². The van der Waals surface area contributed by atoms with Crippen molar-refractivity contribution in [1.29, 1.82) is 0 Å². The van der Waals surface area contributed by atoms with Crippen LogP contribution in [0.3, 0.4) is 0 Å². The largest absolute Gasteiger partial charge is 0.343 e. The summed E-state index contributed by atoms with van der Waals surface area (Å²) in [6.07, 6.45) is 6.47. The van der Waals surface area contributed by atoms with Crippen molar-refractivity contribution in [2.45, 2.75) is 57.5 Å². The number of piperidine rings is 1. The van der Waals surface area contributed by atoms with Crippen molar-refractivity contribution in [2.24, 2.45) is 11.7 Å². The Balaban J connectivity index is 1.85. The quantitative estimate of drug-likeness (QED) is 0.807. The molecule has 0 bridgehead atoms. The van der Waals surface area contributed by atoms with Gasteiger partial charge < -0.3 is 10.6 Å². The summed E-state index contributed by atoms with van der Waals surface area (Å²) in [7, 11) is -3.16. The first-order valence-corrected chi connectivity index (χ1v) is 10.2. The van der Waals surface area contributed by atoms with Crippen molar-refractivity contribution in [3.8, 4) is 0 Å². The molecule has 0 aromatic carbocycles. The summed E-state index contributed by atoms with van der Waals surface area (Å²) in [6.45, 7) is 3.66. The molecule has 1 heterocycles. The van der Waals surface area contributed by atoms with Crippen LogP contribution in [-0.4, -0.2) is 61.5 Å². The van der Waals surface area contributed by atoms with Crippen molar-refractivity contribution in [1.82, 2.24) is 9.21 Å². The summed E-state index contributed by atoms with van der Waals surface area (Å²) >= 11 is 0. The first-order chi connectivity index (χ1) is 10.3. The number of amides is 1. The van der Waals surface area contributed by atoms with Crippen molar-refractivity contribution in [3.05, 3.63) is 0 Å². The van der Waals surface area contributed by atoms with Crippen LogP contribution in [0.25, 0.3) is 0 Å². The fourth-order valence-electron chi connectivity index (χ4n) is 3.84. The molecule has 1 aliphatic carbocycles. The van der Waals surface area contributed by atoms with Gasteiger partial charge in [-0.25, -0.2) is 8.42 Å². The third kappa shape index (κ3) is 4.20. The van der Waals surface area contributed by atoms with Crippen LogP contribution in [0.5, 0.6) is 0 Å². The minimum absolute atomic E-state index is 0.0257. The zero-order chi connectivity index (χ0) is 16.3. The highest BCUT2D eigenvalue weighted by molar-refractivity contribution is 7.88. The highest BCUT2D eigenvalue weighted by atomic mass is 32.2. The second-order valence-corrected chi connectivity index (χ2v) is 8.57. The summed E-state index contributed by atoms with van der Waals surface area (Å²) in [4.78, 5) is 14.3. The lowest BCUT2D eigenvalue weighted by atomic mass is 9.98. The maximum absolute atomic E-state index is 12.4. The van der Waals surface area contributed by atoms with Crippen LogP contribution in [0.1, 0.15) is 45.4 Å². The Morgan fingerprint density at radius 2 is 1.86 bits per heavy atom. The third-order valence-corrected chi connectivity index (χ3v) is 6.53. The molecule has 2 rings (SSSR count). The van der Waals surface area contributed by atoms with Gasteiger partial charge in [-0.2, -0.15) is 4.31 Å². The van der Waals surface area contributed by atoms with Gasteiger partial charge in [0.25, 0.3) is 0 Å². The molecule has 1 saturated carbocycles. The standard InChI is InChI=1S/C15H29N3O3S/c1-3-18(22(2,20)21)13-7-9-17(10-8-13)15(19)11-12-5-4-6-14(12)16/h12-14H,3-11,16H2,1-2H3/t12-,14+/m0/s1. The Labute approximate surface area is 134 Å². The SMILES string of the molecule is CCN(C1CCN(C(=O)C[C@@H]2CCC[C@H]2N)CC1)S(C)(=O)=O. The van der Waals surface area contributed by atoms with Gasteiger partial charge in [0.15, 0.2) is 0 Å².